The molecule has 11 aromatic rings. The summed E-state index contributed by atoms with van der Waals surface area (Å²) in [6, 6.07) is 82.5. The lowest BCUT2D eigenvalue weighted by Crippen LogP contribution is -2.31. The van der Waals surface area contributed by atoms with Crippen LogP contribution in [0.25, 0.3) is 72.8 Å². The van der Waals surface area contributed by atoms with Gasteiger partial charge in [0, 0.05) is 33.0 Å². The molecule has 0 atom stereocenters. The molecule has 0 unspecified atom stereocenters. The Morgan fingerprint density at radius 2 is 0.766 bits per heavy atom. The average Bonchev–Trinajstić information content (AvgIpc) is 3.67. The summed E-state index contributed by atoms with van der Waals surface area (Å²) in [5, 5.41) is 2.43. The van der Waals surface area contributed by atoms with Gasteiger partial charge in [-0.1, -0.05) is 211 Å². The number of fused-ring (bicyclic) bond motifs is 3. The molecule has 2 heterocycles. The van der Waals surface area contributed by atoms with Crippen molar-refractivity contribution in [3.05, 3.63) is 264 Å². The third kappa shape index (κ3) is 6.59. The van der Waals surface area contributed by atoms with E-state index in [9.17, 15) is 0 Å². The minimum absolute atomic E-state index is 0.594. The second-order valence-corrected chi connectivity index (χ2v) is 16.5. The Hall–Kier alpha value is -8.21. The monoisotopic (exact) mass is 820 g/mol. The molecule has 0 aliphatic rings. The summed E-state index contributed by atoms with van der Waals surface area (Å²) in [6.45, 7) is 4.35. The van der Waals surface area contributed by atoms with Crippen LogP contribution in [0.3, 0.4) is 0 Å². The Kier molecular flexibility index (Phi) is 9.82. The number of hydrogen-bond donors (Lipinski definition) is 0. The third-order valence-electron chi connectivity index (χ3n) is 12.5. The second kappa shape index (κ2) is 16.2. The van der Waals surface area contributed by atoms with Gasteiger partial charge in [-0.3, -0.25) is 0 Å². The maximum atomic E-state index is 5.39. The van der Waals surface area contributed by atoms with E-state index >= 15 is 0 Å². The largest absolute Gasteiger partial charge is 0.309 e. The second-order valence-electron chi connectivity index (χ2n) is 16.5. The standard InChI is InChI=1S/C60H44N4/c1-41-35-37-53-50(39-41)51-40-42(2)36-38-54(51)64(53)55-34-20-32-49(59-62-57(43-21-8-3-9-22-43)61-58(63-59)44-23-10-4-11-24-44)56(55)48-31-18-19-33-52(48)60(45-25-12-5-13-26-45,46-27-14-6-15-28-46)47-29-16-7-17-30-47/h3-40H,1-2H3. The molecule has 0 aliphatic heterocycles. The number of aryl methyl sites for hydroxylation is 2. The van der Waals surface area contributed by atoms with Gasteiger partial charge in [0.15, 0.2) is 17.5 Å². The van der Waals surface area contributed by atoms with Crippen molar-refractivity contribution in [2.45, 2.75) is 19.3 Å². The molecule has 304 valence electrons. The molecule has 4 nitrogen and oxygen atoms in total. The molecule has 11 rings (SSSR count). The average molecular weight is 821 g/mol. The Morgan fingerprint density at radius 1 is 0.359 bits per heavy atom. The number of nitrogens with zero attached hydrogens (tertiary/aromatic N) is 4. The van der Waals surface area contributed by atoms with Gasteiger partial charge >= 0.3 is 0 Å². The zero-order chi connectivity index (χ0) is 43.0. The van der Waals surface area contributed by atoms with Crippen LogP contribution in [-0.4, -0.2) is 19.5 Å². The van der Waals surface area contributed by atoms with Crippen molar-refractivity contribution in [1.82, 2.24) is 19.5 Å². The maximum absolute atomic E-state index is 5.39. The fourth-order valence-corrected chi connectivity index (χ4v) is 9.69. The van der Waals surface area contributed by atoms with E-state index in [-0.39, 0.29) is 0 Å². The molecule has 0 saturated heterocycles. The lowest BCUT2D eigenvalue weighted by atomic mass is 9.63. The molecule has 4 heteroatoms. The maximum Gasteiger partial charge on any atom is 0.164 e. The highest BCUT2D eigenvalue weighted by Gasteiger charge is 2.41. The lowest BCUT2D eigenvalue weighted by Gasteiger charge is -2.38. The smallest absolute Gasteiger partial charge is 0.164 e. The van der Waals surface area contributed by atoms with Gasteiger partial charge in [-0.05, 0) is 72.0 Å². The van der Waals surface area contributed by atoms with E-state index in [1.165, 1.54) is 38.6 Å². The van der Waals surface area contributed by atoms with Gasteiger partial charge in [-0.2, -0.15) is 0 Å². The van der Waals surface area contributed by atoms with Crippen molar-refractivity contribution in [3.8, 4) is 51.0 Å². The van der Waals surface area contributed by atoms with Gasteiger partial charge < -0.3 is 4.57 Å². The highest BCUT2D eigenvalue weighted by atomic mass is 15.0. The molecule has 64 heavy (non-hydrogen) atoms. The van der Waals surface area contributed by atoms with Crippen LogP contribution in [0.1, 0.15) is 33.4 Å². The number of benzene rings is 9. The molecule has 0 bridgehead atoms. The van der Waals surface area contributed by atoms with Crippen LogP contribution in [-0.2, 0) is 5.41 Å². The summed E-state index contributed by atoms with van der Waals surface area (Å²) < 4.78 is 2.45. The summed E-state index contributed by atoms with van der Waals surface area (Å²) in [4.78, 5) is 15.9. The number of hydrogen-bond acceptors (Lipinski definition) is 3. The Balaban J connectivity index is 1.31. The molecule has 0 radical (unpaired) electrons. The number of rotatable bonds is 9. The molecule has 0 N–H and O–H groups in total. The normalized spacial score (nSPS) is 11.6. The molecule has 0 fully saturated rings. The Morgan fingerprint density at radius 3 is 1.25 bits per heavy atom. The highest BCUT2D eigenvalue weighted by molar-refractivity contribution is 6.10. The Bertz CT molecular complexity index is 3220. The van der Waals surface area contributed by atoms with Crippen LogP contribution < -0.4 is 0 Å². The molecular weight excluding hydrogens is 777 g/mol. The van der Waals surface area contributed by atoms with E-state index in [0.717, 1.165) is 50.1 Å². The van der Waals surface area contributed by atoms with Crippen molar-refractivity contribution in [2.75, 3.05) is 0 Å². The van der Waals surface area contributed by atoms with E-state index in [2.05, 4.69) is 213 Å². The van der Waals surface area contributed by atoms with Crippen molar-refractivity contribution in [3.63, 3.8) is 0 Å². The van der Waals surface area contributed by atoms with Crippen molar-refractivity contribution in [2.24, 2.45) is 0 Å². The SMILES string of the molecule is Cc1ccc2c(c1)c1cc(C)ccc1n2-c1cccc(-c2nc(-c3ccccc3)nc(-c3ccccc3)n2)c1-c1ccccc1C(c1ccccc1)(c1ccccc1)c1ccccc1. The molecule has 0 spiro atoms. The zero-order valence-electron chi connectivity index (χ0n) is 35.7. The fraction of sp³-hybridized carbons (Fsp3) is 0.0500. The molecule has 9 aromatic carbocycles. The number of aromatic nitrogens is 4. The molecule has 2 aromatic heterocycles. The van der Waals surface area contributed by atoms with Gasteiger partial charge in [0.1, 0.15) is 0 Å². The fourth-order valence-electron chi connectivity index (χ4n) is 9.69. The predicted molar refractivity (Wildman–Crippen MR) is 264 cm³/mol. The summed E-state index contributed by atoms with van der Waals surface area (Å²) in [5.41, 5.74) is 14.5. The van der Waals surface area contributed by atoms with Crippen LogP contribution in [0, 0.1) is 13.8 Å². The van der Waals surface area contributed by atoms with E-state index in [1.807, 2.05) is 36.4 Å². The quantitative estimate of drug-likeness (QED) is 0.136. The zero-order valence-corrected chi connectivity index (χ0v) is 35.7. The van der Waals surface area contributed by atoms with Crippen molar-refractivity contribution < 1.29 is 0 Å². The summed E-state index contributed by atoms with van der Waals surface area (Å²) in [6.07, 6.45) is 0. The van der Waals surface area contributed by atoms with E-state index in [1.54, 1.807) is 0 Å². The van der Waals surface area contributed by atoms with E-state index in [4.69, 9.17) is 15.0 Å². The topological polar surface area (TPSA) is 43.6 Å². The minimum atomic E-state index is -0.733. The highest BCUT2D eigenvalue weighted by Crippen LogP contribution is 2.51. The van der Waals surface area contributed by atoms with Gasteiger partial charge in [0.2, 0.25) is 0 Å². The van der Waals surface area contributed by atoms with Gasteiger partial charge in [0.25, 0.3) is 0 Å². The lowest BCUT2D eigenvalue weighted by molar-refractivity contribution is 0.747. The van der Waals surface area contributed by atoms with Crippen LogP contribution in [0.15, 0.2) is 231 Å². The predicted octanol–water partition coefficient (Wildman–Crippen LogP) is 14.6. The van der Waals surface area contributed by atoms with Crippen LogP contribution >= 0.6 is 0 Å². The summed E-state index contributed by atoms with van der Waals surface area (Å²) in [5.74, 6) is 1.82. The minimum Gasteiger partial charge on any atom is -0.309 e. The molecular formula is C60H44N4. The van der Waals surface area contributed by atoms with Gasteiger partial charge in [-0.25, -0.2) is 15.0 Å². The third-order valence-corrected chi connectivity index (χ3v) is 12.5. The molecule has 0 saturated carbocycles. The first-order valence-electron chi connectivity index (χ1n) is 21.9. The Labute approximate surface area is 373 Å². The van der Waals surface area contributed by atoms with Gasteiger partial charge in [0.05, 0.1) is 22.1 Å². The first-order chi connectivity index (χ1) is 31.6. The molecule has 0 amide bonds. The van der Waals surface area contributed by atoms with Gasteiger partial charge in [-0.15, -0.1) is 0 Å². The van der Waals surface area contributed by atoms with Crippen molar-refractivity contribution in [1.29, 1.82) is 0 Å². The van der Waals surface area contributed by atoms with Crippen molar-refractivity contribution >= 4 is 21.8 Å². The first kappa shape index (κ1) is 38.7. The molecule has 0 aliphatic carbocycles. The van der Waals surface area contributed by atoms with Crippen LogP contribution in [0.5, 0.6) is 0 Å². The van der Waals surface area contributed by atoms with Crippen LogP contribution in [0.4, 0.5) is 0 Å². The summed E-state index contributed by atoms with van der Waals surface area (Å²) >= 11 is 0. The van der Waals surface area contributed by atoms with E-state index in [0.29, 0.717) is 17.5 Å². The van der Waals surface area contributed by atoms with Crippen LogP contribution in [0.2, 0.25) is 0 Å². The first-order valence-corrected chi connectivity index (χ1v) is 21.9. The van der Waals surface area contributed by atoms with E-state index < -0.39 is 5.41 Å². The summed E-state index contributed by atoms with van der Waals surface area (Å²) in [7, 11) is 0.